The number of anilines is 1. The van der Waals surface area contributed by atoms with Crippen molar-refractivity contribution in [3.05, 3.63) is 65.8 Å². The Hall–Kier alpha value is -3.01. The largest absolute Gasteiger partial charge is 0.493 e. The minimum atomic E-state index is -9.75. The molecule has 170 valence electrons. The Bertz CT molecular complexity index is 1010. The van der Waals surface area contributed by atoms with E-state index in [-0.39, 0.29) is 17.8 Å². The minimum absolute atomic E-state index is 0.0549. The maximum Gasteiger partial charge on any atom is 0.310 e. The van der Waals surface area contributed by atoms with E-state index in [1.54, 1.807) is 18.2 Å². The molecule has 0 radical (unpaired) electrons. The molecule has 0 unspecified atom stereocenters. The van der Waals surface area contributed by atoms with Crippen LogP contribution in [0.5, 0.6) is 11.5 Å². The summed E-state index contributed by atoms with van der Waals surface area (Å²) < 4.78 is 74.5. The van der Waals surface area contributed by atoms with Crippen molar-refractivity contribution >= 4 is 27.9 Å². The highest BCUT2D eigenvalue weighted by atomic mass is 32.5. The standard InChI is InChI=1S/C21H22F5NO3S/c1-15(2)12-13-30-20-14-16(4-10-19(20)29-3)5-11-21(28)27-17-6-8-18(9-7-17)31(22,23,24,25)26/h4-12,14H,13H2,1-3H3,(H,27,28). The van der Waals surface area contributed by atoms with Crippen LogP contribution in [-0.2, 0) is 4.79 Å². The molecular weight excluding hydrogens is 441 g/mol. The molecule has 0 fully saturated rings. The number of rotatable bonds is 8. The van der Waals surface area contributed by atoms with Crippen LogP contribution in [0, 0.1) is 0 Å². The van der Waals surface area contributed by atoms with Crippen molar-refractivity contribution in [3.63, 3.8) is 0 Å². The number of hydrogen-bond donors (Lipinski definition) is 1. The van der Waals surface area contributed by atoms with Gasteiger partial charge < -0.3 is 14.8 Å². The van der Waals surface area contributed by atoms with E-state index in [1.165, 1.54) is 13.2 Å². The fourth-order valence-electron chi connectivity index (χ4n) is 2.36. The fourth-order valence-corrected chi connectivity index (χ4v) is 3.01. The lowest BCUT2D eigenvalue weighted by molar-refractivity contribution is -0.111. The van der Waals surface area contributed by atoms with E-state index in [9.17, 15) is 24.2 Å². The van der Waals surface area contributed by atoms with Crippen LogP contribution in [0.1, 0.15) is 19.4 Å². The third kappa shape index (κ3) is 7.63. The van der Waals surface area contributed by atoms with Crippen LogP contribution < -0.4 is 14.8 Å². The molecule has 0 heterocycles. The molecule has 2 aromatic rings. The molecule has 0 aliphatic rings. The van der Waals surface area contributed by atoms with Gasteiger partial charge in [-0.25, -0.2) is 0 Å². The van der Waals surface area contributed by atoms with Gasteiger partial charge >= 0.3 is 10.2 Å². The number of methoxy groups -OCH3 is 1. The molecule has 0 bridgehead atoms. The van der Waals surface area contributed by atoms with Crippen molar-refractivity contribution in [1.82, 2.24) is 0 Å². The van der Waals surface area contributed by atoms with Gasteiger partial charge in [-0.2, -0.15) is 0 Å². The van der Waals surface area contributed by atoms with E-state index in [0.717, 1.165) is 23.8 Å². The Morgan fingerprint density at radius 1 is 1.00 bits per heavy atom. The predicted molar refractivity (Wildman–Crippen MR) is 113 cm³/mol. The first kappa shape index (κ1) is 24.3. The Morgan fingerprint density at radius 2 is 1.65 bits per heavy atom. The van der Waals surface area contributed by atoms with E-state index >= 15 is 0 Å². The minimum Gasteiger partial charge on any atom is -0.493 e. The third-order valence-electron chi connectivity index (χ3n) is 3.91. The summed E-state index contributed by atoms with van der Waals surface area (Å²) in [6.07, 6.45) is 4.50. The maximum atomic E-state index is 12.7. The summed E-state index contributed by atoms with van der Waals surface area (Å²) in [5, 5.41) is 2.31. The van der Waals surface area contributed by atoms with E-state index in [0.29, 0.717) is 23.7 Å². The van der Waals surface area contributed by atoms with Crippen LogP contribution in [0.15, 0.2) is 65.1 Å². The molecule has 31 heavy (non-hydrogen) atoms. The summed E-state index contributed by atoms with van der Waals surface area (Å²) >= 11 is 0. The summed E-state index contributed by atoms with van der Waals surface area (Å²) in [6.45, 7) is 4.20. The summed E-state index contributed by atoms with van der Waals surface area (Å²) in [6, 6.07) is 7.00. The summed E-state index contributed by atoms with van der Waals surface area (Å²) in [5.74, 6) is 0.324. The Morgan fingerprint density at radius 3 is 2.19 bits per heavy atom. The first-order chi connectivity index (χ1) is 14.2. The van der Waals surface area contributed by atoms with Crippen molar-refractivity contribution in [3.8, 4) is 11.5 Å². The maximum absolute atomic E-state index is 12.7. The van der Waals surface area contributed by atoms with Gasteiger partial charge in [0, 0.05) is 11.8 Å². The van der Waals surface area contributed by atoms with Crippen LogP contribution >= 0.6 is 10.2 Å². The van der Waals surface area contributed by atoms with Crippen molar-refractivity contribution in [2.75, 3.05) is 19.0 Å². The zero-order chi connectivity index (χ0) is 23.3. The van der Waals surface area contributed by atoms with Crippen molar-refractivity contribution < 1.29 is 33.7 Å². The van der Waals surface area contributed by atoms with E-state index in [1.807, 2.05) is 19.9 Å². The third-order valence-corrected chi connectivity index (χ3v) is 5.08. The highest BCUT2D eigenvalue weighted by Crippen LogP contribution is 3.02. The molecule has 0 saturated heterocycles. The quantitative estimate of drug-likeness (QED) is 0.253. The highest BCUT2D eigenvalue weighted by molar-refractivity contribution is 8.45. The zero-order valence-electron chi connectivity index (χ0n) is 17.0. The number of hydrogen-bond acceptors (Lipinski definition) is 3. The number of carbonyl (C=O) groups is 1. The molecular formula is C21H22F5NO3S. The summed E-state index contributed by atoms with van der Waals surface area (Å²) in [5.41, 5.74) is 1.64. The molecule has 0 aliphatic heterocycles. The molecule has 4 nitrogen and oxygen atoms in total. The lowest BCUT2D eigenvalue weighted by atomic mass is 10.2. The number of halogens is 5. The van der Waals surface area contributed by atoms with Gasteiger partial charge in [0.25, 0.3) is 0 Å². The molecule has 10 heteroatoms. The SMILES string of the molecule is COc1ccc(C=CC(=O)Nc2ccc(S(F)(F)(F)(F)F)cc2)cc1OCC=C(C)C. The van der Waals surface area contributed by atoms with E-state index < -0.39 is 21.0 Å². The number of amides is 1. The van der Waals surface area contributed by atoms with Crippen molar-refractivity contribution in [1.29, 1.82) is 0 Å². The summed E-state index contributed by atoms with van der Waals surface area (Å²) in [4.78, 5) is 10.0. The van der Waals surface area contributed by atoms with Gasteiger partial charge in [0.2, 0.25) is 5.91 Å². The lowest BCUT2D eigenvalue weighted by Crippen LogP contribution is -2.09. The molecule has 0 aromatic heterocycles. The van der Waals surface area contributed by atoms with Gasteiger partial charge in [0.15, 0.2) is 11.5 Å². The van der Waals surface area contributed by atoms with E-state index in [2.05, 4.69) is 5.32 Å². The van der Waals surface area contributed by atoms with Crippen molar-refractivity contribution in [2.24, 2.45) is 0 Å². The van der Waals surface area contributed by atoms with Gasteiger partial charge in [-0.1, -0.05) is 31.1 Å². The summed E-state index contributed by atoms with van der Waals surface area (Å²) in [7, 11) is -8.25. The number of carbonyl (C=O) groups excluding carboxylic acids is 1. The predicted octanol–water partition coefficient (Wildman–Crippen LogP) is 7.35. The van der Waals surface area contributed by atoms with Crippen molar-refractivity contribution in [2.45, 2.75) is 18.7 Å². The second-order valence-corrected chi connectivity index (χ2v) is 9.23. The van der Waals surface area contributed by atoms with Crippen LogP contribution in [-0.4, -0.2) is 19.6 Å². The van der Waals surface area contributed by atoms with Gasteiger partial charge in [-0.15, -0.1) is 0 Å². The fraction of sp³-hybridized carbons (Fsp3) is 0.190. The van der Waals surface area contributed by atoms with Crippen LogP contribution in [0.4, 0.5) is 25.1 Å². The normalized spacial score (nSPS) is 13.8. The van der Waals surface area contributed by atoms with Gasteiger partial charge in [0.1, 0.15) is 11.5 Å². The number of benzene rings is 2. The second kappa shape index (κ2) is 8.26. The molecule has 1 amide bonds. The molecule has 0 atom stereocenters. The average Bonchev–Trinajstić information content (AvgIpc) is 2.65. The lowest BCUT2D eigenvalue weighted by Gasteiger charge is -2.40. The average molecular weight is 463 g/mol. The molecule has 0 aliphatic carbocycles. The topological polar surface area (TPSA) is 47.6 Å². The Kier molecular flexibility index (Phi) is 6.46. The smallest absolute Gasteiger partial charge is 0.310 e. The monoisotopic (exact) mass is 463 g/mol. The molecule has 0 saturated carbocycles. The molecule has 1 N–H and O–H groups in total. The first-order valence-electron chi connectivity index (χ1n) is 8.95. The first-order valence-corrected chi connectivity index (χ1v) is 10.9. The van der Waals surface area contributed by atoms with Crippen LogP contribution in [0.3, 0.4) is 0 Å². The number of allylic oxidation sites excluding steroid dienone is 1. The molecule has 2 aromatic carbocycles. The molecule has 0 spiro atoms. The van der Waals surface area contributed by atoms with Gasteiger partial charge in [-0.05, 0) is 68.0 Å². The Labute approximate surface area is 177 Å². The highest BCUT2D eigenvalue weighted by Gasteiger charge is 2.65. The van der Waals surface area contributed by atoms with Gasteiger partial charge in [0.05, 0.1) is 7.11 Å². The van der Waals surface area contributed by atoms with Crippen LogP contribution in [0.2, 0.25) is 0 Å². The van der Waals surface area contributed by atoms with Gasteiger partial charge in [-0.3, -0.25) is 4.79 Å². The molecule has 2 rings (SSSR count). The number of nitrogens with one attached hydrogen (secondary N) is 1. The second-order valence-electron chi connectivity index (χ2n) is 6.82. The van der Waals surface area contributed by atoms with E-state index in [4.69, 9.17) is 9.47 Å². The van der Waals surface area contributed by atoms with Crippen LogP contribution in [0.25, 0.3) is 6.08 Å². The zero-order valence-corrected chi connectivity index (χ0v) is 17.8. The number of ether oxygens (including phenoxy) is 2. The Balaban J connectivity index is 2.08.